The van der Waals surface area contributed by atoms with Crippen molar-refractivity contribution in [3.8, 4) is 5.75 Å². The number of hydroxylamine groups is 1. The molecule has 1 unspecified atom stereocenters. The van der Waals surface area contributed by atoms with Gasteiger partial charge in [-0.05, 0) is 49.5 Å². The van der Waals surface area contributed by atoms with E-state index in [9.17, 15) is 9.59 Å². The number of hydrogen-bond acceptors (Lipinski definition) is 6. The van der Waals surface area contributed by atoms with E-state index in [1.165, 1.54) is 31.8 Å². The number of nitrogens with zero attached hydrogens (tertiary/aromatic N) is 1. The molecule has 0 radical (unpaired) electrons. The van der Waals surface area contributed by atoms with Gasteiger partial charge in [0.15, 0.2) is 12.1 Å². The summed E-state index contributed by atoms with van der Waals surface area (Å²) >= 11 is 0. The molecule has 7 heteroatoms. The van der Waals surface area contributed by atoms with Crippen LogP contribution in [0.25, 0.3) is 6.08 Å². The van der Waals surface area contributed by atoms with Crippen molar-refractivity contribution in [3.05, 3.63) is 35.4 Å². The highest BCUT2D eigenvalue weighted by molar-refractivity contribution is 6.01. The van der Waals surface area contributed by atoms with Gasteiger partial charge in [0.05, 0.1) is 12.0 Å². The number of ether oxygens (including phenoxy) is 2. The first-order valence-corrected chi connectivity index (χ1v) is 12.5. The summed E-state index contributed by atoms with van der Waals surface area (Å²) in [5, 5.41) is 0. The number of benzene rings is 1. The zero-order valence-corrected chi connectivity index (χ0v) is 19.2. The molecule has 1 aliphatic carbocycles. The molecule has 1 aromatic carbocycles. The normalized spacial score (nSPS) is 25.8. The highest BCUT2D eigenvalue weighted by Crippen LogP contribution is 2.41. The summed E-state index contributed by atoms with van der Waals surface area (Å²) in [7, 11) is 0. The van der Waals surface area contributed by atoms with Crippen molar-refractivity contribution in [2.75, 3.05) is 19.7 Å². The molecule has 1 N–H and O–H groups in total. The maximum absolute atomic E-state index is 13.0. The molecular weight excluding hydrogens is 420 g/mol. The average Bonchev–Trinajstić information content (AvgIpc) is 3.38. The molecule has 0 aromatic heterocycles. The third-order valence-electron chi connectivity index (χ3n) is 7.52. The molecule has 7 nitrogen and oxygen atoms in total. The predicted octanol–water partition coefficient (Wildman–Crippen LogP) is 4.02. The fraction of sp³-hybridized carbons (Fsp3) is 0.615. The van der Waals surface area contributed by atoms with Gasteiger partial charge in [-0.15, -0.1) is 0 Å². The zero-order chi connectivity index (χ0) is 22.7. The second-order valence-electron chi connectivity index (χ2n) is 9.83. The van der Waals surface area contributed by atoms with Crippen LogP contribution in [-0.4, -0.2) is 54.2 Å². The maximum Gasteiger partial charge on any atom is 0.267 e. The summed E-state index contributed by atoms with van der Waals surface area (Å²) in [6.45, 7) is 2.68. The van der Waals surface area contributed by atoms with Crippen LogP contribution in [0.1, 0.15) is 80.1 Å². The van der Waals surface area contributed by atoms with E-state index < -0.39 is 0 Å². The molecule has 3 heterocycles. The number of hydrogen-bond donors (Lipinski definition) is 1. The Kier molecular flexibility index (Phi) is 6.81. The molecule has 1 amide bonds. The van der Waals surface area contributed by atoms with Gasteiger partial charge in [-0.1, -0.05) is 18.9 Å². The summed E-state index contributed by atoms with van der Waals surface area (Å²) in [5.74, 6) is 0.431. The van der Waals surface area contributed by atoms with Crippen molar-refractivity contribution in [1.29, 1.82) is 0 Å². The summed E-state index contributed by atoms with van der Waals surface area (Å²) in [6, 6.07) is 6.28. The molecule has 1 spiro atoms. The zero-order valence-electron chi connectivity index (χ0n) is 19.2. The molecule has 1 atom stereocenters. The Balaban J connectivity index is 1.17. The molecule has 3 aliphatic heterocycles. The van der Waals surface area contributed by atoms with Gasteiger partial charge in [-0.3, -0.25) is 9.59 Å². The Bertz CT molecular complexity index is 894. The first-order chi connectivity index (χ1) is 16.1. The number of amides is 1. The van der Waals surface area contributed by atoms with Crippen LogP contribution in [0.15, 0.2) is 24.3 Å². The highest BCUT2D eigenvalue weighted by Gasteiger charge is 2.44. The summed E-state index contributed by atoms with van der Waals surface area (Å²) in [4.78, 5) is 33.0. The molecule has 1 saturated carbocycles. The second kappa shape index (κ2) is 9.95. The van der Waals surface area contributed by atoms with Gasteiger partial charge in [-0.25, -0.2) is 10.3 Å². The van der Waals surface area contributed by atoms with Gasteiger partial charge < -0.3 is 14.4 Å². The lowest BCUT2D eigenvalue weighted by Gasteiger charge is -2.45. The largest absolute Gasteiger partial charge is 0.486 e. The molecular formula is C26H34N2O5. The Morgan fingerprint density at radius 2 is 1.91 bits per heavy atom. The number of carbonyl (C=O) groups is 2. The van der Waals surface area contributed by atoms with Crippen molar-refractivity contribution in [2.24, 2.45) is 0 Å². The van der Waals surface area contributed by atoms with Crippen LogP contribution in [0.5, 0.6) is 5.75 Å². The topological polar surface area (TPSA) is 77.1 Å². The molecule has 3 fully saturated rings. The Labute approximate surface area is 195 Å². The first kappa shape index (κ1) is 22.6. The van der Waals surface area contributed by atoms with E-state index in [0.29, 0.717) is 24.3 Å². The van der Waals surface area contributed by atoms with E-state index in [-0.39, 0.29) is 23.6 Å². The van der Waals surface area contributed by atoms with E-state index >= 15 is 0 Å². The lowest BCUT2D eigenvalue weighted by Crippen LogP contribution is -2.52. The number of piperidine rings is 1. The standard InChI is InChI=1S/C26H34N2O5/c29-22-18-26(12-14-28(15-13-26)20-5-1-2-6-20)32-23-10-8-19(17-21(22)23)9-11-24(30)27-33-25-7-3-4-16-31-25/h8-11,17,20,25H,1-7,12-16,18H2,(H,27,30)/b11-9+. The van der Waals surface area contributed by atoms with E-state index in [2.05, 4.69) is 10.4 Å². The summed E-state index contributed by atoms with van der Waals surface area (Å²) < 4.78 is 11.9. The fourth-order valence-electron chi connectivity index (χ4n) is 5.59. The Morgan fingerprint density at radius 1 is 1.12 bits per heavy atom. The highest BCUT2D eigenvalue weighted by atomic mass is 16.8. The van der Waals surface area contributed by atoms with Gasteiger partial charge in [0.2, 0.25) is 0 Å². The molecule has 1 aromatic rings. The minimum atomic E-state index is -0.382. The predicted molar refractivity (Wildman–Crippen MR) is 124 cm³/mol. The Hall–Kier alpha value is -2.22. The number of ketones is 1. The molecule has 178 valence electrons. The number of carbonyl (C=O) groups excluding carboxylic acids is 2. The maximum atomic E-state index is 13.0. The third-order valence-corrected chi connectivity index (χ3v) is 7.52. The molecule has 5 rings (SSSR count). The molecule has 4 aliphatic rings. The Morgan fingerprint density at radius 3 is 2.67 bits per heavy atom. The van der Waals surface area contributed by atoms with E-state index in [1.54, 1.807) is 6.08 Å². The average molecular weight is 455 g/mol. The van der Waals surface area contributed by atoms with E-state index in [0.717, 1.165) is 56.8 Å². The van der Waals surface area contributed by atoms with Crippen LogP contribution in [0.3, 0.4) is 0 Å². The molecule has 0 bridgehead atoms. The monoisotopic (exact) mass is 454 g/mol. The number of fused-ring (bicyclic) bond motifs is 1. The van der Waals surface area contributed by atoms with Crippen LogP contribution in [-0.2, 0) is 14.4 Å². The number of Topliss-reactive ketones (excluding diaryl/α,β-unsaturated/α-hetero) is 1. The van der Waals surface area contributed by atoms with Crippen LogP contribution >= 0.6 is 0 Å². The SMILES string of the molecule is O=C(/C=C/c1ccc2c(c1)C(=O)CC1(CCN(C3CCCC3)CC1)O2)NOC1CCCCO1. The molecule has 33 heavy (non-hydrogen) atoms. The van der Waals surface area contributed by atoms with Gasteiger partial charge in [0.1, 0.15) is 11.4 Å². The third kappa shape index (κ3) is 5.31. The lowest BCUT2D eigenvalue weighted by atomic mass is 9.81. The smallest absolute Gasteiger partial charge is 0.267 e. The fourth-order valence-corrected chi connectivity index (χ4v) is 5.59. The van der Waals surface area contributed by atoms with Crippen molar-refractivity contribution in [3.63, 3.8) is 0 Å². The van der Waals surface area contributed by atoms with Gasteiger partial charge in [0, 0.05) is 51.1 Å². The molecule has 2 saturated heterocycles. The minimum absolute atomic E-state index is 0.128. The lowest BCUT2D eigenvalue weighted by molar-refractivity contribution is -0.198. The number of nitrogens with one attached hydrogen (secondary N) is 1. The van der Waals surface area contributed by atoms with Crippen LogP contribution < -0.4 is 10.2 Å². The van der Waals surface area contributed by atoms with Crippen molar-refractivity contribution in [1.82, 2.24) is 10.4 Å². The van der Waals surface area contributed by atoms with Crippen molar-refractivity contribution in [2.45, 2.75) is 82.1 Å². The van der Waals surface area contributed by atoms with Gasteiger partial charge >= 0.3 is 0 Å². The van der Waals surface area contributed by atoms with Crippen LogP contribution in [0.4, 0.5) is 0 Å². The number of rotatable bonds is 5. The van der Waals surface area contributed by atoms with E-state index in [4.69, 9.17) is 14.3 Å². The van der Waals surface area contributed by atoms with Crippen molar-refractivity contribution >= 4 is 17.8 Å². The summed E-state index contributed by atoms with van der Waals surface area (Å²) in [5.41, 5.74) is 3.43. The number of likely N-dealkylation sites (tertiary alicyclic amines) is 1. The quantitative estimate of drug-likeness (QED) is 0.535. The second-order valence-corrected chi connectivity index (χ2v) is 9.83. The minimum Gasteiger partial charge on any atom is -0.486 e. The van der Waals surface area contributed by atoms with Crippen LogP contribution in [0, 0.1) is 0 Å². The first-order valence-electron chi connectivity index (χ1n) is 12.5. The van der Waals surface area contributed by atoms with Crippen molar-refractivity contribution < 1.29 is 23.9 Å². The van der Waals surface area contributed by atoms with Gasteiger partial charge in [0.25, 0.3) is 5.91 Å². The van der Waals surface area contributed by atoms with Crippen LogP contribution in [0.2, 0.25) is 0 Å². The van der Waals surface area contributed by atoms with E-state index in [1.807, 2.05) is 18.2 Å². The van der Waals surface area contributed by atoms with Gasteiger partial charge in [-0.2, -0.15) is 0 Å². The summed E-state index contributed by atoms with van der Waals surface area (Å²) in [6.07, 6.45) is 13.1.